The minimum absolute atomic E-state index is 0.0560. The number of benzene rings is 2. The van der Waals surface area contributed by atoms with Crippen LogP contribution >= 0.6 is 11.6 Å². The summed E-state index contributed by atoms with van der Waals surface area (Å²) in [5.74, 6) is -2.48. The van der Waals surface area contributed by atoms with Crippen molar-refractivity contribution in [2.75, 3.05) is 18.5 Å². The zero-order valence-electron chi connectivity index (χ0n) is 18.7. The fourth-order valence-electron chi connectivity index (χ4n) is 4.05. The molecule has 5 rings (SSSR count). The van der Waals surface area contributed by atoms with Crippen LogP contribution in [0.4, 0.5) is 14.6 Å². The lowest BCUT2D eigenvalue weighted by Crippen LogP contribution is -2.51. The highest BCUT2D eigenvalue weighted by molar-refractivity contribution is 6.35. The molecule has 1 fully saturated rings. The summed E-state index contributed by atoms with van der Waals surface area (Å²) in [5, 5.41) is 12.3. The monoisotopic (exact) mass is 514 g/mol. The Bertz CT molecular complexity index is 1400. The van der Waals surface area contributed by atoms with Crippen LogP contribution in [0.5, 0.6) is 11.5 Å². The number of alkyl halides is 2. The normalized spacial score (nSPS) is 19.2. The third kappa shape index (κ3) is 4.75. The average molecular weight is 515 g/mol. The van der Waals surface area contributed by atoms with Crippen molar-refractivity contribution >= 4 is 34.2 Å². The van der Waals surface area contributed by atoms with E-state index in [0.29, 0.717) is 17.1 Å². The number of carbonyl (C=O) groups is 1. The number of carbonyl (C=O) groups excluding carboxylic acids is 1. The van der Waals surface area contributed by atoms with Gasteiger partial charge in [-0.2, -0.15) is 0 Å². The highest BCUT2D eigenvalue weighted by Gasteiger charge is 2.46. The second-order valence-corrected chi connectivity index (χ2v) is 8.74. The summed E-state index contributed by atoms with van der Waals surface area (Å²) in [6.45, 7) is -0.835. The molecule has 1 aliphatic heterocycles. The van der Waals surface area contributed by atoms with Gasteiger partial charge in [0.25, 0.3) is 5.92 Å². The molecule has 186 valence electrons. The van der Waals surface area contributed by atoms with E-state index in [2.05, 4.69) is 20.3 Å². The number of anilines is 1. The van der Waals surface area contributed by atoms with Crippen LogP contribution in [0.3, 0.4) is 0 Å². The van der Waals surface area contributed by atoms with Gasteiger partial charge in [0.2, 0.25) is 0 Å². The summed E-state index contributed by atoms with van der Waals surface area (Å²) in [5.41, 5.74) is 0.661. The zero-order chi connectivity index (χ0) is 25.3. The smallest absolute Gasteiger partial charge is 0.272 e. The van der Waals surface area contributed by atoms with E-state index in [1.54, 1.807) is 18.2 Å². The largest absolute Gasteiger partial charge is 0.457 e. The first-order valence-corrected chi connectivity index (χ1v) is 11.5. The van der Waals surface area contributed by atoms with Gasteiger partial charge in [0, 0.05) is 24.2 Å². The predicted octanol–water partition coefficient (Wildman–Crippen LogP) is 4.83. The van der Waals surface area contributed by atoms with Crippen molar-refractivity contribution in [1.29, 1.82) is 0 Å². The SMILES string of the molecule is O=C(c1ccc(Oc2ccccc2)cc1Cl)c1c[nH]c2ncnc(N[C@H]3CO[C@H](CO)CC3(F)F)c12. The molecule has 0 bridgehead atoms. The molecule has 0 radical (unpaired) electrons. The number of para-hydroxylation sites is 1. The number of aliphatic hydroxyl groups excluding tert-OH is 1. The Morgan fingerprint density at radius 1 is 1.19 bits per heavy atom. The summed E-state index contributed by atoms with van der Waals surface area (Å²) < 4.78 is 40.5. The van der Waals surface area contributed by atoms with Crippen molar-refractivity contribution in [3.05, 3.63) is 77.2 Å². The molecule has 8 nitrogen and oxygen atoms in total. The molecule has 11 heteroatoms. The van der Waals surface area contributed by atoms with E-state index in [4.69, 9.17) is 21.1 Å². The van der Waals surface area contributed by atoms with Gasteiger partial charge in [0.1, 0.15) is 35.3 Å². The van der Waals surface area contributed by atoms with Gasteiger partial charge in [-0.1, -0.05) is 29.8 Å². The molecule has 0 spiro atoms. The van der Waals surface area contributed by atoms with Gasteiger partial charge >= 0.3 is 0 Å². The maximum Gasteiger partial charge on any atom is 0.272 e. The summed E-state index contributed by atoms with van der Waals surface area (Å²) >= 11 is 6.42. The first kappa shape index (κ1) is 24.1. The van der Waals surface area contributed by atoms with Crippen LogP contribution in [0, 0.1) is 0 Å². The minimum atomic E-state index is -3.17. The summed E-state index contributed by atoms with van der Waals surface area (Å²) in [7, 11) is 0. The molecule has 0 amide bonds. The Labute approximate surface area is 209 Å². The van der Waals surface area contributed by atoms with E-state index < -0.39 is 36.9 Å². The Morgan fingerprint density at radius 3 is 2.72 bits per heavy atom. The van der Waals surface area contributed by atoms with E-state index >= 15 is 0 Å². The lowest BCUT2D eigenvalue weighted by molar-refractivity contribution is -0.146. The molecule has 2 aromatic heterocycles. The molecular formula is C25H21ClF2N4O4. The van der Waals surface area contributed by atoms with Gasteiger partial charge in [-0.3, -0.25) is 4.79 Å². The maximum absolute atomic E-state index is 14.7. The van der Waals surface area contributed by atoms with Gasteiger partial charge in [0.05, 0.1) is 35.3 Å². The molecule has 1 aliphatic rings. The number of aromatic amines is 1. The second-order valence-electron chi connectivity index (χ2n) is 8.33. The standard InChI is InChI=1S/C25H21ClF2N4O4/c26-19-8-15(36-14-4-2-1-3-5-14)6-7-17(19)22(34)18-10-29-23-21(18)24(31-13-30-23)32-20-12-35-16(11-33)9-25(20,27)28/h1-8,10,13,16,20,33H,9,11-12H2,(H2,29,30,31,32)/t16-,20-/m0/s1. The van der Waals surface area contributed by atoms with Crippen LogP contribution in [-0.4, -0.2) is 57.1 Å². The highest BCUT2D eigenvalue weighted by atomic mass is 35.5. The third-order valence-corrected chi connectivity index (χ3v) is 6.21. The number of ether oxygens (including phenoxy) is 2. The molecule has 3 N–H and O–H groups in total. The van der Waals surface area contributed by atoms with Crippen molar-refractivity contribution in [2.45, 2.75) is 24.5 Å². The molecule has 0 unspecified atom stereocenters. The Kier molecular flexibility index (Phi) is 6.57. The number of hydrogen-bond acceptors (Lipinski definition) is 7. The van der Waals surface area contributed by atoms with Gasteiger partial charge in [-0.25, -0.2) is 18.7 Å². The lowest BCUT2D eigenvalue weighted by Gasteiger charge is -2.36. The molecule has 4 aromatic rings. The molecule has 3 heterocycles. The fourth-order valence-corrected chi connectivity index (χ4v) is 4.31. The minimum Gasteiger partial charge on any atom is -0.457 e. The van der Waals surface area contributed by atoms with E-state index in [1.807, 2.05) is 18.2 Å². The number of nitrogens with zero attached hydrogens (tertiary/aromatic N) is 2. The Balaban J connectivity index is 1.43. The number of halogens is 3. The highest BCUT2D eigenvalue weighted by Crippen LogP contribution is 2.35. The number of ketones is 1. The second kappa shape index (κ2) is 9.81. The first-order chi connectivity index (χ1) is 17.4. The molecule has 0 saturated carbocycles. The van der Waals surface area contributed by atoms with Gasteiger partial charge in [-0.15, -0.1) is 0 Å². The van der Waals surface area contributed by atoms with Crippen molar-refractivity contribution in [3.63, 3.8) is 0 Å². The van der Waals surface area contributed by atoms with Crippen LogP contribution < -0.4 is 10.1 Å². The predicted molar refractivity (Wildman–Crippen MR) is 129 cm³/mol. The van der Waals surface area contributed by atoms with Gasteiger partial charge < -0.3 is 24.9 Å². The number of fused-ring (bicyclic) bond motifs is 1. The van der Waals surface area contributed by atoms with Crippen molar-refractivity contribution in [1.82, 2.24) is 15.0 Å². The van der Waals surface area contributed by atoms with E-state index in [9.17, 15) is 18.7 Å². The average Bonchev–Trinajstić information content (AvgIpc) is 3.30. The number of rotatable bonds is 7. The summed E-state index contributed by atoms with van der Waals surface area (Å²) in [4.78, 5) is 24.5. The van der Waals surface area contributed by atoms with Gasteiger partial charge in [-0.05, 0) is 24.3 Å². The van der Waals surface area contributed by atoms with Crippen LogP contribution in [0.25, 0.3) is 11.0 Å². The van der Waals surface area contributed by atoms with Crippen molar-refractivity contribution in [3.8, 4) is 11.5 Å². The van der Waals surface area contributed by atoms with E-state index in [1.165, 1.54) is 24.7 Å². The fraction of sp³-hybridized carbons (Fsp3) is 0.240. The maximum atomic E-state index is 14.7. The number of aliphatic hydroxyl groups is 1. The molecule has 36 heavy (non-hydrogen) atoms. The van der Waals surface area contributed by atoms with Crippen LogP contribution in [0.2, 0.25) is 5.02 Å². The molecule has 2 atom stereocenters. The Morgan fingerprint density at radius 2 is 2.00 bits per heavy atom. The van der Waals surface area contributed by atoms with Crippen molar-refractivity contribution in [2.24, 2.45) is 0 Å². The van der Waals surface area contributed by atoms with Crippen LogP contribution in [0.1, 0.15) is 22.3 Å². The summed E-state index contributed by atoms with van der Waals surface area (Å²) in [6.07, 6.45) is 1.07. The Hall–Kier alpha value is -3.60. The first-order valence-electron chi connectivity index (χ1n) is 11.1. The van der Waals surface area contributed by atoms with E-state index in [0.717, 1.165) is 0 Å². The number of aromatic nitrogens is 3. The molecule has 1 saturated heterocycles. The van der Waals surface area contributed by atoms with E-state index in [-0.39, 0.29) is 34.0 Å². The zero-order valence-corrected chi connectivity index (χ0v) is 19.5. The van der Waals surface area contributed by atoms with Gasteiger partial charge in [0.15, 0.2) is 5.78 Å². The molecule has 0 aliphatic carbocycles. The number of H-pyrrole nitrogens is 1. The quantitative estimate of drug-likeness (QED) is 0.303. The summed E-state index contributed by atoms with van der Waals surface area (Å²) in [6, 6.07) is 12.4. The number of nitrogens with one attached hydrogen (secondary N) is 2. The lowest BCUT2D eigenvalue weighted by atomic mass is 9.99. The number of hydrogen-bond donors (Lipinski definition) is 3. The third-order valence-electron chi connectivity index (χ3n) is 5.90. The molecular weight excluding hydrogens is 494 g/mol. The molecule has 2 aromatic carbocycles. The van der Waals surface area contributed by atoms with Crippen LogP contribution in [0.15, 0.2) is 61.1 Å². The van der Waals surface area contributed by atoms with Crippen molar-refractivity contribution < 1.29 is 28.2 Å². The van der Waals surface area contributed by atoms with Crippen LogP contribution in [-0.2, 0) is 4.74 Å². The topological polar surface area (TPSA) is 109 Å².